The lowest BCUT2D eigenvalue weighted by molar-refractivity contribution is -0.385. The molecule has 0 heterocycles. The number of rotatable bonds is 8. The monoisotopic (exact) mass is 353 g/mol. The van der Waals surface area contributed by atoms with Crippen LogP contribution in [0, 0.1) is 17.0 Å². The van der Waals surface area contributed by atoms with Crippen molar-refractivity contribution >= 4 is 17.3 Å². The third kappa shape index (κ3) is 4.67. The van der Waals surface area contributed by atoms with E-state index in [1.54, 1.807) is 19.1 Å². The van der Waals surface area contributed by atoms with Crippen molar-refractivity contribution in [2.75, 3.05) is 11.9 Å². The zero-order valence-corrected chi connectivity index (χ0v) is 14.9. The summed E-state index contributed by atoms with van der Waals surface area (Å²) in [7, 11) is 0. The van der Waals surface area contributed by atoms with Crippen LogP contribution in [0.3, 0.4) is 0 Å². The minimum Gasteiger partial charge on any atom is -0.326 e. The Balaban J connectivity index is 1.57. The highest BCUT2D eigenvalue weighted by molar-refractivity contribution is 5.92. The maximum atomic E-state index is 12.3. The summed E-state index contributed by atoms with van der Waals surface area (Å²) in [4.78, 5) is 25.3. The maximum Gasteiger partial charge on any atom is 0.274 e. The Bertz CT molecular complexity index is 788. The van der Waals surface area contributed by atoms with Gasteiger partial charge in [0.2, 0.25) is 5.91 Å². The van der Waals surface area contributed by atoms with E-state index in [9.17, 15) is 14.9 Å². The van der Waals surface area contributed by atoms with Gasteiger partial charge in [0.1, 0.15) is 0 Å². The second-order valence-corrected chi connectivity index (χ2v) is 6.69. The first kappa shape index (κ1) is 18.1. The molecule has 1 amide bonds. The molecular weight excluding hydrogens is 330 g/mol. The Morgan fingerprint density at radius 1 is 1.19 bits per heavy atom. The number of anilines is 1. The highest BCUT2D eigenvalue weighted by atomic mass is 16.6. The fourth-order valence-electron chi connectivity index (χ4n) is 3.06. The Kier molecular flexibility index (Phi) is 5.63. The van der Waals surface area contributed by atoms with Crippen molar-refractivity contribution in [3.63, 3.8) is 0 Å². The summed E-state index contributed by atoms with van der Waals surface area (Å²) in [6.45, 7) is 3.17. The average molecular weight is 353 g/mol. The number of hydrogen-bond donors (Lipinski definition) is 1. The molecule has 0 aliphatic heterocycles. The van der Waals surface area contributed by atoms with Gasteiger partial charge in [-0.1, -0.05) is 36.4 Å². The van der Waals surface area contributed by atoms with E-state index in [0.717, 1.165) is 6.54 Å². The van der Waals surface area contributed by atoms with Gasteiger partial charge in [-0.05, 0) is 31.4 Å². The molecule has 6 heteroatoms. The molecule has 0 aromatic heterocycles. The Morgan fingerprint density at radius 3 is 2.58 bits per heavy atom. The average Bonchev–Trinajstić information content (AvgIpc) is 3.46. The number of benzene rings is 2. The molecule has 1 saturated carbocycles. The molecule has 6 nitrogen and oxygen atoms in total. The highest BCUT2D eigenvalue weighted by Gasteiger charge is 2.29. The van der Waals surface area contributed by atoms with Crippen LogP contribution in [0.5, 0.6) is 0 Å². The predicted octanol–water partition coefficient (Wildman–Crippen LogP) is 3.90. The number of nitro groups is 1. The van der Waals surface area contributed by atoms with Crippen LogP contribution in [0.2, 0.25) is 0 Å². The van der Waals surface area contributed by atoms with Crippen molar-refractivity contribution < 1.29 is 9.72 Å². The second kappa shape index (κ2) is 8.10. The third-order valence-corrected chi connectivity index (χ3v) is 4.69. The normalized spacial score (nSPS) is 13.6. The summed E-state index contributed by atoms with van der Waals surface area (Å²) in [5, 5.41) is 13.8. The van der Waals surface area contributed by atoms with Gasteiger partial charge in [-0.2, -0.15) is 0 Å². The van der Waals surface area contributed by atoms with Gasteiger partial charge in [-0.3, -0.25) is 19.8 Å². The molecule has 0 bridgehead atoms. The molecule has 26 heavy (non-hydrogen) atoms. The minimum absolute atomic E-state index is 0.0199. The smallest absolute Gasteiger partial charge is 0.274 e. The minimum atomic E-state index is -0.431. The summed E-state index contributed by atoms with van der Waals surface area (Å²) < 4.78 is 0. The van der Waals surface area contributed by atoms with E-state index < -0.39 is 4.92 Å². The molecule has 1 aliphatic rings. The van der Waals surface area contributed by atoms with E-state index in [-0.39, 0.29) is 11.6 Å². The predicted molar refractivity (Wildman–Crippen MR) is 101 cm³/mol. The summed E-state index contributed by atoms with van der Waals surface area (Å²) in [5.74, 6) is -0.118. The number of nitro benzene ring substituents is 1. The Morgan fingerprint density at radius 2 is 1.92 bits per heavy atom. The van der Waals surface area contributed by atoms with Gasteiger partial charge in [0.15, 0.2) is 0 Å². The molecule has 0 radical (unpaired) electrons. The van der Waals surface area contributed by atoms with E-state index in [0.29, 0.717) is 30.3 Å². The molecule has 0 spiro atoms. The van der Waals surface area contributed by atoms with Gasteiger partial charge in [0.05, 0.1) is 16.2 Å². The van der Waals surface area contributed by atoms with Gasteiger partial charge in [-0.25, -0.2) is 0 Å². The van der Waals surface area contributed by atoms with Gasteiger partial charge in [-0.15, -0.1) is 0 Å². The first-order valence-electron chi connectivity index (χ1n) is 8.86. The van der Waals surface area contributed by atoms with Crippen LogP contribution < -0.4 is 5.32 Å². The molecule has 3 rings (SSSR count). The summed E-state index contributed by atoms with van der Waals surface area (Å²) >= 11 is 0. The van der Waals surface area contributed by atoms with Crippen LogP contribution in [0.4, 0.5) is 11.4 Å². The number of hydrogen-bond acceptors (Lipinski definition) is 4. The second-order valence-electron chi connectivity index (χ2n) is 6.69. The molecule has 1 aliphatic carbocycles. The van der Waals surface area contributed by atoms with Gasteiger partial charge < -0.3 is 5.32 Å². The van der Waals surface area contributed by atoms with Gasteiger partial charge in [0, 0.05) is 31.6 Å². The molecule has 2 aromatic rings. The quantitative estimate of drug-likeness (QED) is 0.577. The summed E-state index contributed by atoms with van der Waals surface area (Å²) in [5.41, 5.74) is 2.25. The number of carbonyl (C=O) groups excluding carboxylic acids is 1. The molecule has 2 aromatic carbocycles. The third-order valence-electron chi connectivity index (χ3n) is 4.69. The first-order valence-corrected chi connectivity index (χ1v) is 8.86. The lowest BCUT2D eigenvalue weighted by Crippen LogP contribution is -2.29. The number of nitrogens with zero attached hydrogens (tertiary/aromatic N) is 2. The van der Waals surface area contributed by atoms with Crippen molar-refractivity contribution in [1.82, 2.24) is 4.90 Å². The van der Waals surface area contributed by atoms with Crippen molar-refractivity contribution in [2.24, 2.45) is 0 Å². The van der Waals surface area contributed by atoms with Crippen LogP contribution >= 0.6 is 0 Å². The summed E-state index contributed by atoms with van der Waals surface area (Å²) in [6, 6.07) is 15.5. The maximum absolute atomic E-state index is 12.3. The highest BCUT2D eigenvalue weighted by Crippen LogP contribution is 2.29. The Hall–Kier alpha value is -2.73. The molecule has 1 N–H and O–H groups in total. The van der Waals surface area contributed by atoms with Crippen LogP contribution in [0.15, 0.2) is 48.5 Å². The standard InChI is InChI=1S/C20H23N3O3/c1-15-18(8-5-9-19(15)23(25)26)21-20(24)12-13-22(17-10-11-17)14-16-6-3-2-4-7-16/h2-9,17H,10-14H2,1H3,(H,21,24). The van der Waals surface area contributed by atoms with Crippen molar-refractivity contribution in [1.29, 1.82) is 0 Å². The lowest BCUT2D eigenvalue weighted by Gasteiger charge is -2.22. The van der Waals surface area contributed by atoms with Crippen LogP contribution in [-0.2, 0) is 11.3 Å². The van der Waals surface area contributed by atoms with E-state index in [2.05, 4.69) is 22.3 Å². The first-order chi connectivity index (χ1) is 12.5. The van der Waals surface area contributed by atoms with E-state index >= 15 is 0 Å². The van der Waals surface area contributed by atoms with Gasteiger partial charge >= 0.3 is 0 Å². The molecular formula is C20H23N3O3. The lowest BCUT2D eigenvalue weighted by atomic mass is 10.1. The molecule has 0 saturated heterocycles. The SMILES string of the molecule is Cc1c(NC(=O)CCN(Cc2ccccc2)C2CC2)cccc1[N+](=O)[O-]. The largest absolute Gasteiger partial charge is 0.326 e. The van der Waals surface area contributed by atoms with Crippen LogP contribution in [0.25, 0.3) is 0 Å². The molecule has 136 valence electrons. The molecule has 1 fully saturated rings. The summed E-state index contributed by atoms with van der Waals surface area (Å²) in [6.07, 6.45) is 2.72. The van der Waals surface area contributed by atoms with Crippen molar-refractivity contribution in [3.05, 3.63) is 69.8 Å². The van der Waals surface area contributed by atoms with Crippen molar-refractivity contribution in [3.8, 4) is 0 Å². The molecule has 0 atom stereocenters. The van der Waals surface area contributed by atoms with Crippen LogP contribution in [-0.4, -0.2) is 28.3 Å². The van der Waals surface area contributed by atoms with E-state index in [1.807, 2.05) is 18.2 Å². The Labute approximate surface area is 153 Å². The van der Waals surface area contributed by atoms with E-state index in [1.165, 1.54) is 24.5 Å². The van der Waals surface area contributed by atoms with Gasteiger partial charge in [0.25, 0.3) is 5.69 Å². The fraction of sp³-hybridized carbons (Fsp3) is 0.350. The van der Waals surface area contributed by atoms with Crippen molar-refractivity contribution in [2.45, 2.75) is 38.8 Å². The topological polar surface area (TPSA) is 75.5 Å². The zero-order chi connectivity index (χ0) is 18.5. The molecule has 0 unspecified atom stereocenters. The number of amides is 1. The fourth-order valence-corrected chi connectivity index (χ4v) is 3.06. The van der Waals surface area contributed by atoms with Crippen LogP contribution in [0.1, 0.15) is 30.4 Å². The van der Waals surface area contributed by atoms with E-state index in [4.69, 9.17) is 0 Å². The zero-order valence-electron chi connectivity index (χ0n) is 14.9. The number of nitrogens with one attached hydrogen (secondary N) is 1. The number of carbonyl (C=O) groups is 1.